The lowest BCUT2D eigenvalue weighted by atomic mass is 10.1. The van der Waals surface area contributed by atoms with Gasteiger partial charge in [-0.2, -0.15) is 0 Å². The molecule has 132 valence electrons. The Morgan fingerprint density at radius 3 is 1.60 bits per heavy atom. The topological polar surface area (TPSA) is 58.9 Å². The third-order valence-electron chi connectivity index (χ3n) is 3.77. The summed E-state index contributed by atoms with van der Waals surface area (Å²) >= 11 is 0. The van der Waals surface area contributed by atoms with Gasteiger partial charge in [0.05, 0.1) is 14.2 Å². The summed E-state index contributed by atoms with van der Waals surface area (Å²) < 4.78 is 10.2. The monoisotopic (exact) mass is 340 g/mol. The first-order chi connectivity index (χ1) is 12.1. The van der Waals surface area contributed by atoms with Crippen LogP contribution in [0.5, 0.6) is 23.0 Å². The van der Waals surface area contributed by atoms with Crippen molar-refractivity contribution in [1.29, 1.82) is 0 Å². The van der Waals surface area contributed by atoms with Crippen molar-refractivity contribution in [3.8, 4) is 23.0 Å². The lowest BCUT2D eigenvalue weighted by Gasteiger charge is -2.03. The molecule has 0 atom stereocenters. The molecule has 0 aliphatic heterocycles. The summed E-state index contributed by atoms with van der Waals surface area (Å²) in [5, 5.41) is 19.1. The van der Waals surface area contributed by atoms with Crippen LogP contribution < -0.4 is 9.47 Å². The lowest BCUT2D eigenvalue weighted by Crippen LogP contribution is -1.84. The summed E-state index contributed by atoms with van der Waals surface area (Å²) in [4.78, 5) is 0. The number of benzene rings is 2. The normalized spacial score (nSPS) is 11.3. The van der Waals surface area contributed by atoms with E-state index in [1.54, 1.807) is 26.4 Å². The SMILES string of the molecule is COc1cc(C=CCCCC=Cc2ccc(O)c(OC)c2)ccc1O. The van der Waals surface area contributed by atoms with E-state index in [0.29, 0.717) is 11.5 Å². The first kappa shape index (κ1) is 18.5. The predicted octanol–water partition coefficient (Wildman–Crippen LogP) is 5.01. The predicted molar refractivity (Wildman–Crippen MR) is 101 cm³/mol. The van der Waals surface area contributed by atoms with Crippen molar-refractivity contribution >= 4 is 12.2 Å². The zero-order valence-corrected chi connectivity index (χ0v) is 14.6. The summed E-state index contributed by atoms with van der Waals surface area (Å²) in [5.74, 6) is 1.26. The van der Waals surface area contributed by atoms with Crippen LogP contribution in [-0.2, 0) is 0 Å². The summed E-state index contributed by atoms with van der Waals surface area (Å²) in [6.07, 6.45) is 11.2. The Hall–Kier alpha value is -2.88. The second kappa shape index (κ2) is 9.42. The molecule has 0 bridgehead atoms. The van der Waals surface area contributed by atoms with Gasteiger partial charge < -0.3 is 19.7 Å². The smallest absolute Gasteiger partial charge is 0.161 e. The fourth-order valence-electron chi connectivity index (χ4n) is 2.39. The van der Waals surface area contributed by atoms with Gasteiger partial charge in [-0.25, -0.2) is 0 Å². The van der Waals surface area contributed by atoms with E-state index in [4.69, 9.17) is 9.47 Å². The molecule has 0 fully saturated rings. The molecule has 0 saturated heterocycles. The number of phenolic OH excluding ortho intramolecular Hbond substituents is 2. The number of aromatic hydroxyl groups is 2. The maximum atomic E-state index is 9.57. The molecule has 2 aromatic carbocycles. The van der Waals surface area contributed by atoms with E-state index in [0.717, 1.165) is 30.4 Å². The van der Waals surface area contributed by atoms with Gasteiger partial charge in [-0.1, -0.05) is 36.4 Å². The van der Waals surface area contributed by atoms with Gasteiger partial charge in [-0.15, -0.1) is 0 Å². The summed E-state index contributed by atoms with van der Waals surface area (Å²) in [6, 6.07) is 10.6. The number of ether oxygens (including phenoxy) is 2. The van der Waals surface area contributed by atoms with E-state index >= 15 is 0 Å². The molecule has 0 aliphatic rings. The van der Waals surface area contributed by atoms with Gasteiger partial charge in [-0.05, 0) is 54.7 Å². The fraction of sp³-hybridized carbons (Fsp3) is 0.238. The van der Waals surface area contributed by atoms with Crippen molar-refractivity contribution in [3.63, 3.8) is 0 Å². The largest absolute Gasteiger partial charge is 0.504 e. The van der Waals surface area contributed by atoms with E-state index < -0.39 is 0 Å². The van der Waals surface area contributed by atoms with Crippen molar-refractivity contribution in [2.75, 3.05) is 14.2 Å². The molecule has 2 N–H and O–H groups in total. The Balaban J connectivity index is 1.77. The van der Waals surface area contributed by atoms with Crippen LogP contribution in [0.25, 0.3) is 12.2 Å². The van der Waals surface area contributed by atoms with Crippen LogP contribution in [0.1, 0.15) is 30.4 Å². The highest BCUT2D eigenvalue weighted by Crippen LogP contribution is 2.27. The second-order valence-electron chi connectivity index (χ2n) is 5.60. The van der Waals surface area contributed by atoms with Crippen molar-refractivity contribution in [2.45, 2.75) is 19.3 Å². The Bertz CT molecular complexity index is 684. The van der Waals surface area contributed by atoms with E-state index in [1.165, 1.54) is 0 Å². The highest BCUT2D eigenvalue weighted by atomic mass is 16.5. The highest BCUT2D eigenvalue weighted by Gasteiger charge is 2.01. The number of unbranched alkanes of at least 4 members (excludes halogenated alkanes) is 2. The molecular weight excluding hydrogens is 316 g/mol. The molecule has 25 heavy (non-hydrogen) atoms. The maximum absolute atomic E-state index is 9.57. The number of hydrogen-bond donors (Lipinski definition) is 2. The highest BCUT2D eigenvalue weighted by molar-refractivity contribution is 5.56. The molecule has 4 heteroatoms. The van der Waals surface area contributed by atoms with Crippen molar-refractivity contribution in [1.82, 2.24) is 0 Å². The number of methoxy groups -OCH3 is 2. The molecule has 0 aromatic heterocycles. The first-order valence-corrected chi connectivity index (χ1v) is 8.21. The van der Waals surface area contributed by atoms with E-state index in [1.807, 2.05) is 36.4 Å². The Morgan fingerprint density at radius 1 is 0.760 bits per heavy atom. The van der Waals surface area contributed by atoms with Gasteiger partial charge in [-0.3, -0.25) is 0 Å². The van der Waals surface area contributed by atoms with Gasteiger partial charge in [0, 0.05) is 0 Å². The van der Waals surface area contributed by atoms with Crippen LogP contribution in [0.3, 0.4) is 0 Å². The molecule has 0 saturated carbocycles. The number of allylic oxidation sites excluding steroid dienone is 2. The van der Waals surface area contributed by atoms with Gasteiger partial charge in [0.2, 0.25) is 0 Å². The Labute approximate surface area is 148 Å². The molecule has 0 unspecified atom stereocenters. The third kappa shape index (κ3) is 5.60. The summed E-state index contributed by atoms with van der Waals surface area (Å²) in [7, 11) is 3.08. The maximum Gasteiger partial charge on any atom is 0.161 e. The minimum atomic E-state index is 0.149. The molecule has 0 radical (unpaired) electrons. The van der Waals surface area contributed by atoms with E-state index in [-0.39, 0.29) is 11.5 Å². The van der Waals surface area contributed by atoms with E-state index in [2.05, 4.69) is 12.2 Å². The standard InChI is InChI=1S/C21H24O4/c1-24-20-14-16(10-12-18(20)22)8-6-4-3-5-7-9-17-11-13-19(23)21(15-17)25-2/h6-15,22-23H,3-5H2,1-2H3. The quantitative estimate of drug-likeness (QED) is 0.663. The third-order valence-corrected chi connectivity index (χ3v) is 3.77. The summed E-state index contributed by atoms with van der Waals surface area (Å²) in [6.45, 7) is 0. The minimum Gasteiger partial charge on any atom is -0.504 e. The average Bonchev–Trinajstić information content (AvgIpc) is 2.63. The second-order valence-corrected chi connectivity index (χ2v) is 5.60. The van der Waals surface area contributed by atoms with Gasteiger partial charge in [0.25, 0.3) is 0 Å². The minimum absolute atomic E-state index is 0.149. The summed E-state index contributed by atoms with van der Waals surface area (Å²) in [5.41, 5.74) is 2.00. The Morgan fingerprint density at radius 2 is 1.20 bits per heavy atom. The molecule has 4 nitrogen and oxygen atoms in total. The average molecular weight is 340 g/mol. The molecular formula is C21H24O4. The fourth-order valence-corrected chi connectivity index (χ4v) is 2.39. The number of phenols is 2. The van der Waals surface area contributed by atoms with Crippen LogP contribution in [0.2, 0.25) is 0 Å². The molecule has 0 heterocycles. The first-order valence-electron chi connectivity index (χ1n) is 8.21. The molecule has 2 aromatic rings. The van der Waals surface area contributed by atoms with Crippen molar-refractivity contribution < 1.29 is 19.7 Å². The van der Waals surface area contributed by atoms with Crippen LogP contribution in [0, 0.1) is 0 Å². The zero-order chi connectivity index (χ0) is 18.1. The number of hydrogen-bond acceptors (Lipinski definition) is 4. The van der Waals surface area contributed by atoms with Gasteiger partial charge >= 0.3 is 0 Å². The van der Waals surface area contributed by atoms with Gasteiger partial charge in [0.15, 0.2) is 23.0 Å². The van der Waals surface area contributed by atoms with Gasteiger partial charge in [0.1, 0.15) is 0 Å². The molecule has 0 spiro atoms. The van der Waals surface area contributed by atoms with E-state index in [9.17, 15) is 10.2 Å². The van der Waals surface area contributed by atoms with Crippen molar-refractivity contribution in [2.24, 2.45) is 0 Å². The molecule has 0 amide bonds. The van der Waals surface area contributed by atoms with Crippen LogP contribution in [-0.4, -0.2) is 24.4 Å². The molecule has 2 rings (SSSR count). The molecule has 0 aliphatic carbocycles. The lowest BCUT2D eigenvalue weighted by molar-refractivity contribution is 0.373. The van der Waals surface area contributed by atoms with Crippen LogP contribution >= 0.6 is 0 Å². The zero-order valence-electron chi connectivity index (χ0n) is 14.6. The van der Waals surface area contributed by atoms with Crippen LogP contribution in [0.15, 0.2) is 48.6 Å². The number of rotatable bonds is 8. The van der Waals surface area contributed by atoms with Crippen LogP contribution in [0.4, 0.5) is 0 Å². The Kier molecular flexibility index (Phi) is 6.96. The van der Waals surface area contributed by atoms with Crippen molar-refractivity contribution in [3.05, 3.63) is 59.7 Å².